The number of nitrogens with zero attached hydrogens (tertiary/aromatic N) is 3. The standard InChI is InChI=1S/C15H15BrN4O3S/c1-2-10-13(20-7-9(16)3-4-11(20)18-10)14(22)17-5-6-19-12(21)8-24-15(19)23/h3-4,7H,2,5-6,8H2,1H3,(H,17,22). The van der Waals surface area contributed by atoms with Crippen molar-refractivity contribution in [3.63, 3.8) is 0 Å². The van der Waals surface area contributed by atoms with E-state index in [0.717, 1.165) is 21.1 Å². The number of aromatic nitrogens is 2. The number of hydrogen-bond acceptors (Lipinski definition) is 5. The van der Waals surface area contributed by atoms with Crippen LogP contribution < -0.4 is 5.32 Å². The lowest BCUT2D eigenvalue weighted by Gasteiger charge is -2.13. The van der Waals surface area contributed by atoms with Crippen LogP contribution in [-0.2, 0) is 11.2 Å². The molecule has 1 aliphatic rings. The van der Waals surface area contributed by atoms with E-state index in [2.05, 4.69) is 26.2 Å². The molecule has 9 heteroatoms. The lowest BCUT2D eigenvalue weighted by molar-refractivity contribution is -0.124. The molecule has 24 heavy (non-hydrogen) atoms. The Bertz CT molecular complexity index is 819. The summed E-state index contributed by atoms with van der Waals surface area (Å²) >= 11 is 4.38. The molecule has 7 nitrogen and oxygen atoms in total. The number of amides is 3. The summed E-state index contributed by atoms with van der Waals surface area (Å²) in [7, 11) is 0. The van der Waals surface area contributed by atoms with Gasteiger partial charge in [0, 0.05) is 23.8 Å². The molecule has 2 aromatic heterocycles. The summed E-state index contributed by atoms with van der Waals surface area (Å²) in [6.07, 6.45) is 2.42. The van der Waals surface area contributed by atoms with Crippen LogP contribution in [0, 0.1) is 0 Å². The maximum absolute atomic E-state index is 12.6. The van der Waals surface area contributed by atoms with Crippen molar-refractivity contribution in [3.05, 3.63) is 34.2 Å². The van der Waals surface area contributed by atoms with Crippen LogP contribution in [0.4, 0.5) is 4.79 Å². The molecule has 0 radical (unpaired) electrons. The molecule has 0 aromatic carbocycles. The zero-order valence-electron chi connectivity index (χ0n) is 12.9. The number of thioether (sulfide) groups is 1. The number of aryl methyl sites for hydroxylation is 1. The van der Waals surface area contributed by atoms with Gasteiger partial charge in [-0.15, -0.1) is 0 Å². The summed E-state index contributed by atoms with van der Waals surface area (Å²) in [6, 6.07) is 3.70. The van der Waals surface area contributed by atoms with Crippen molar-refractivity contribution in [3.8, 4) is 0 Å². The molecule has 0 spiro atoms. The summed E-state index contributed by atoms with van der Waals surface area (Å²) < 4.78 is 2.58. The largest absolute Gasteiger partial charge is 0.349 e. The van der Waals surface area contributed by atoms with Gasteiger partial charge < -0.3 is 5.32 Å². The van der Waals surface area contributed by atoms with Gasteiger partial charge in [0.15, 0.2) is 0 Å². The Hall–Kier alpha value is -1.87. The first-order chi connectivity index (χ1) is 11.5. The molecule has 2 aromatic rings. The molecule has 0 unspecified atom stereocenters. The highest BCUT2D eigenvalue weighted by atomic mass is 79.9. The van der Waals surface area contributed by atoms with Crippen molar-refractivity contribution in [2.45, 2.75) is 13.3 Å². The fourth-order valence-electron chi connectivity index (χ4n) is 2.52. The van der Waals surface area contributed by atoms with Crippen molar-refractivity contribution >= 4 is 50.4 Å². The van der Waals surface area contributed by atoms with Gasteiger partial charge in [0.2, 0.25) is 5.91 Å². The molecule has 1 N–H and O–H groups in total. The average molecular weight is 411 g/mol. The number of nitrogens with one attached hydrogen (secondary N) is 1. The molecule has 0 aliphatic carbocycles. The number of halogens is 1. The van der Waals surface area contributed by atoms with Crippen LogP contribution in [0.2, 0.25) is 0 Å². The summed E-state index contributed by atoms with van der Waals surface area (Å²) in [5.41, 5.74) is 1.87. The van der Waals surface area contributed by atoms with E-state index in [4.69, 9.17) is 0 Å². The fourth-order valence-corrected chi connectivity index (χ4v) is 3.61. The highest BCUT2D eigenvalue weighted by Crippen LogP contribution is 2.19. The van der Waals surface area contributed by atoms with Gasteiger partial charge >= 0.3 is 0 Å². The van der Waals surface area contributed by atoms with E-state index in [9.17, 15) is 14.4 Å². The highest BCUT2D eigenvalue weighted by Gasteiger charge is 2.29. The molecule has 126 valence electrons. The van der Waals surface area contributed by atoms with Crippen molar-refractivity contribution in [2.24, 2.45) is 0 Å². The molecule has 1 aliphatic heterocycles. The number of hydrogen-bond donors (Lipinski definition) is 1. The van der Waals surface area contributed by atoms with Crippen molar-refractivity contribution < 1.29 is 14.4 Å². The summed E-state index contributed by atoms with van der Waals surface area (Å²) in [4.78, 5) is 41.3. The minimum absolute atomic E-state index is 0.175. The molecular weight excluding hydrogens is 396 g/mol. The molecule has 3 amide bonds. The van der Waals surface area contributed by atoms with Crippen LogP contribution in [0.3, 0.4) is 0 Å². The van der Waals surface area contributed by atoms with Crippen LogP contribution in [-0.4, -0.2) is 50.2 Å². The predicted octanol–water partition coefficient (Wildman–Crippen LogP) is 2.08. The van der Waals surface area contributed by atoms with Gasteiger partial charge in [-0.1, -0.05) is 18.7 Å². The second-order valence-corrected chi connectivity index (χ2v) is 7.03. The van der Waals surface area contributed by atoms with E-state index < -0.39 is 0 Å². The normalized spacial score (nSPS) is 14.7. The van der Waals surface area contributed by atoms with Crippen LogP contribution in [0.5, 0.6) is 0 Å². The maximum atomic E-state index is 12.6. The first-order valence-corrected chi connectivity index (χ1v) is 9.21. The Morgan fingerprint density at radius 3 is 2.88 bits per heavy atom. The minimum Gasteiger partial charge on any atom is -0.349 e. The van der Waals surface area contributed by atoms with Crippen LogP contribution in [0.1, 0.15) is 23.1 Å². The molecule has 0 bridgehead atoms. The second kappa shape index (κ2) is 6.94. The lowest BCUT2D eigenvalue weighted by Crippen LogP contribution is -2.38. The Balaban J connectivity index is 1.75. The SMILES string of the molecule is CCc1nc2ccc(Br)cn2c1C(=O)NCCN1C(=O)CSC1=O. The fraction of sp³-hybridized carbons (Fsp3) is 0.333. The van der Waals surface area contributed by atoms with Crippen LogP contribution in [0.15, 0.2) is 22.8 Å². The Morgan fingerprint density at radius 2 is 2.21 bits per heavy atom. The summed E-state index contributed by atoms with van der Waals surface area (Å²) in [5.74, 6) is -0.315. The van der Waals surface area contributed by atoms with E-state index >= 15 is 0 Å². The number of imidazole rings is 1. The van der Waals surface area contributed by atoms with E-state index in [1.54, 1.807) is 10.6 Å². The molecule has 0 atom stereocenters. The van der Waals surface area contributed by atoms with E-state index in [1.807, 2.05) is 19.1 Å². The second-order valence-electron chi connectivity index (χ2n) is 5.19. The van der Waals surface area contributed by atoms with E-state index in [-0.39, 0.29) is 35.9 Å². The number of pyridine rings is 1. The van der Waals surface area contributed by atoms with E-state index in [1.165, 1.54) is 0 Å². The molecule has 1 fully saturated rings. The molecule has 1 saturated heterocycles. The van der Waals surface area contributed by atoms with E-state index in [0.29, 0.717) is 23.5 Å². The number of carbonyl (C=O) groups is 3. The lowest BCUT2D eigenvalue weighted by atomic mass is 10.2. The molecule has 3 rings (SSSR count). The van der Waals surface area contributed by atoms with Crippen molar-refractivity contribution in [1.29, 1.82) is 0 Å². The summed E-state index contributed by atoms with van der Waals surface area (Å²) in [5, 5.41) is 2.51. The van der Waals surface area contributed by atoms with Gasteiger partial charge in [0.05, 0.1) is 11.4 Å². The third-order valence-corrected chi connectivity index (χ3v) is 4.99. The molecular formula is C15H15BrN4O3S. The monoisotopic (exact) mass is 410 g/mol. The predicted molar refractivity (Wildman–Crippen MR) is 94.2 cm³/mol. The first kappa shape index (κ1) is 17.0. The highest BCUT2D eigenvalue weighted by molar-refractivity contribution is 9.10. The Kier molecular flexibility index (Phi) is 4.91. The maximum Gasteiger partial charge on any atom is 0.288 e. The number of carbonyl (C=O) groups excluding carboxylic acids is 3. The van der Waals surface area contributed by atoms with Gasteiger partial charge in [-0.3, -0.25) is 23.7 Å². The van der Waals surface area contributed by atoms with Gasteiger partial charge in [-0.25, -0.2) is 4.98 Å². The average Bonchev–Trinajstić information content (AvgIpc) is 3.08. The Labute approximate surface area is 150 Å². The smallest absolute Gasteiger partial charge is 0.288 e. The quantitative estimate of drug-likeness (QED) is 0.815. The number of imide groups is 1. The topological polar surface area (TPSA) is 83.8 Å². The van der Waals surface area contributed by atoms with Crippen LogP contribution >= 0.6 is 27.7 Å². The zero-order valence-corrected chi connectivity index (χ0v) is 15.3. The number of fused-ring (bicyclic) bond motifs is 1. The van der Waals surface area contributed by atoms with Gasteiger partial charge in [-0.05, 0) is 34.5 Å². The first-order valence-electron chi connectivity index (χ1n) is 7.43. The van der Waals surface area contributed by atoms with Gasteiger partial charge in [0.1, 0.15) is 11.3 Å². The van der Waals surface area contributed by atoms with Gasteiger partial charge in [0.25, 0.3) is 11.1 Å². The van der Waals surface area contributed by atoms with Gasteiger partial charge in [-0.2, -0.15) is 0 Å². The number of rotatable bonds is 5. The van der Waals surface area contributed by atoms with Crippen molar-refractivity contribution in [1.82, 2.24) is 19.6 Å². The molecule has 3 heterocycles. The molecule has 0 saturated carbocycles. The third kappa shape index (κ3) is 3.18. The third-order valence-electron chi connectivity index (χ3n) is 3.67. The van der Waals surface area contributed by atoms with Crippen LogP contribution in [0.25, 0.3) is 5.65 Å². The summed E-state index contributed by atoms with van der Waals surface area (Å²) in [6.45, 7) is 2.33. The van der Waals surface area contributed by atoms with Crippen molar-refractivity contribution in [2.75, 3.05) is 18.8 Å². The minimum atomic E-state index is -0.274. The Morgan fingerprint density at radius 1 is 1.42 bits per heavy atom. The zero-order chi connectivity index (χ0) is 17.3.